The Balaban J connectivity index is 2.73. The highest BCUT2D eigenvalue weighted by Gasteiger charge is 2.14. The number of fused-ring (bicyclic) bond motifs is 1. The molecule has 0 spiro atoms. The van der Waals surface area contributed by atoms with Gasteiger partial charge in [-0.25, -0.2) is 9.18 Å². The SMILES string of the molecule is C=C(C(=O)O)c1c[nH]c2cccc(F)c12. The van der Waals surface area contributed by atoms with Crippen molar-refractivity contribution in [2.75, 3.05) is 0 Å². The Hall–Kier alpha value is -2.10. The third-order valence-corrected chi connectivity index (χ3v) is 2.24. The summed E-state index contributed by atoms with van der Waals surface area (Å²) in [5, 5.41) is 9.04. The van der Waals surface area contributed by atoms with Crippen molar-refractivity contribution in [3.05, 3.63) is 42.4 Å². The average molecular weight is 205 g/mol. The summed E-state index contributed by atoms with van der Waals surface area (Å²) < 4.78 is 13.4. The summed E-state index contributed by atoms with van der Waals surface area (Å²) in [5.74, 6) is -1.61. The van der Waals surface area contributed by atoms with E-state index < -0.39 is 11.8 Å². The summed E-state index contributed by atoms with van der Waals surface area (Å²) in [6.45, 7) is 3.40. The second-order valence-electron chi connectivity index (χ2n) is 3.15. The van der Waals surface area contributed by atoms with Crippen molar-refractivity contribution in [2.45, 2.75) is 0 Å². The van der Waals surface area contributed by atoms with Crippen LogP contribution < -0.4 is 0 Å². The van der Waals surface area contributed by atoms with Gasteiger partial charge in [-0.3, -0.25) is 0 Å². The van der Waals surface area contributed by atoms with E-state index in [-0.39, 0.29) is 16.5 Å². The van der Waals surface area contributed by atoms with E-state index in [9.17, 15) is 9.18 Å². The number of rotatable bonds is 2. The summed E-state index contributed by atoms with van der Waals surface area (Å²) in [6.07, 6.45) is 1.45. The smallest absolute Gasteiger partial charge is 0.335 e. The first-order valence-corrected chi connectivity index (χ1v) is 4.29. The van der Waals surface area contributed by atoms with Crippen LogP contribution in [0.4, 0.5) is 4.39 Å². The molecule has 1 heterocycles. The number of carboxylic acids is 1. The number of aromatic nitrogens is 1. The molecular weight excluding hydrogens is 197 g/mol. The molecular formula is C11H8FNO2. The number of aliphatic carboxylic acids is 1. The fourth-order valence-corrected chi connectivity index (χ4v) is 1.49. The van der Waals surface area contributed by atoms with Crippen LogP contribution in [0.15, 0.2) is 31.0 Å². The molecule has 2 rings (SSSR count). The average Bonchev–Trinajstić information content (AvgIpc) is 2.61. The van der Waals surface area contributed by atoms with E-state index in [0.29, 0.717) is 5.52 Å². The number of H-pyrrole nitrogens is 1. The van der Waals surface area contributed by atoms with Crippen LogP contribution in [0.1, 0.15) is 5.56 Å². The molecule has 0 bridgehead atoms. The van der Waals surface area contributed by atoms with Gasteiger partial charge in [0.1, 0.15) is 5.82 Å². The molecule has 76 valence electrons. The molecule has 4 heteroatoms. The first-order valence-electron chi connectivity index (χ1n) is 4.29. The molecule has 0 radical (unpaired) electrons. The van der Waals surface area contributed by atoms with E-state index in [0.717, 1.165) is 0 Å². The predicted molar refractivity (Wildman–Crippen MR) is 54.9 cm³/mol. The summed E-state index contributed by atoms with van der Waals surface area (Å²) in [7, 11) is 0. The van der Waals surface area contributed by atoms with Gasteiger partial charge in [0.25, 0.3) is 0 Å². The van der Waals surface area contributed by atoms with Gasteiger partial charge in [-0.2, -0.15) is 0 Å². The Kier molecular flexibility index (Phi) is 2.04. The van der Waals surface area contributed by atoms with Gasteiger partial charge in [-0.1, -0.05) is 12.6 Å². The molecule has 2 N–H and O–H groups in total. The highest BCUT2D eigenvalue weighted by molar-refractivity contribution is 6.18. The maximum atomic E-state index is 13.4. The Morgan fingerprint density at radius 1 is 1.47 bits per heavy atom. The highest BCUT2D eigenvalue weighted by Crippen LogP contribution is 2.26. The molecule has 0 fully saturated rings. The largest absolute Gasteiger partial charge is 0.478 e. The van der Waals surface area contributed by atoms with Crippen molar-refractivity contribution >= 4 is 22.4 Å². The van der Waals surface area contributed by atoms with Crippen LogP contribution in [0.2, 0.25) is 0 Å². The topological polar surface area (TPSA) is 53.1 Å². The lowest BCUT2D eigenvalue weighted by Gasteiger charge is -1.98. The van der Waals surface area contributed by atoms with Gasteiger partial charge in [-0.15, -0.1) is 0 Å². The number of hydrogen-bond acceptors (Lipinski definition) is 1. The van der Waals surface area contributed by atoms with E-state index in [4.69, 9.17) is 5.11 Å². The van der Waals surface area contributed by atoms with E-state index in [1.54, 1.807) is 12.1 Å². The van der Waals surface area contributed by atoms with Crippen LogP contribution in [0.3, 0.4) is 0 Å². The first-order chi connectivity index (χ1) is 7.11. The van der Waals surface area contributed by atoms with E-state index >= 15 is 0 Å². The molecule has 1 aromatic heterocycles. The summed E-state index contributed by atoms with van der Waals surface area (Å²) in [5.41, 5.74) is 0.731. The fraction of sp³-hybridized carbons (Fsp3) is 0. The quantitative estimate of drug-likeness (QED) is 0.739. The third kappa shape index (κ3) is 1.40. The molecule has 0 atom stereocenters. The Labute approximate surface area is 84.8 Å². The summed E-state index contributed by atoms with van der Waals surface area (Å²) >= 11 is 0. The summed E-state index contributed by atoms with van der Waals surface area (Å²) in [4.78, 5) is 13.5. The zero-order valence-electron chi connectivity index (χ0n) is 7.75. The van der Waals surface area contributed by atoms with Crippen molar-refractivity contribution in [2.24, 2.45) is 0 Å². The van der Waals surface area contributed by atoms with Gasteiger partial charge >= 0.3 is 5.97 Å². The van der Waals surface area contributed by atoms with Gasteiger partial charge in [0.15, 0.2) is 0 Å². The number of carbonyl (C=O) groups is 1. The van der Waals surface area contributed by atoms with Crippen molar-refractivity contribution in [1.29, 1.82) is 0 Å². The van der Waals surface area contributed by atoms with E-state index in [1.165, 1.54) is 12.3 Å². The second kappa shape index (κ2) is 3.24. The number of benzene rings is 1. The van der Waals surface area contributed by atoms with Crippen LogP contribution in [0.25, 0.3) is 16.5 Å². The van der Waals surface area contributed by atoms with Gasteiger partial charge in [0.2, 0.25) is 0 Å². The minimum atomic E-state index is -1.15. The normalized spacial score (nSPS) is 10.5. The van der Waals surface area contributed by atoms with Crippen molar-refractivity contribution < 1.29 is 14.3 Å². The molecule has 0 amide bonds. The molecule has 0 aliphatic heterocycles. The predicted octanol–water partition coefficient (Wildman–Crippen LogP) is 2.40. The molecule has 15 heavy (non-hydrogen) atoms. The van der Waals surface area contributed by atoms with E-state index in [2.05, 4.69) is 11.6 Å². The zero-order valence-corrected chi connectivity index (χ0v) is 7.75. The number of aromatic amines is 1. The minimum absolute atomic E-state index is 0.119. The third-order valence-electron chi connectivity index (χ3n) is 2.24. The highest BCUT2D eigenvalue weighted by atomic mass is 19.1. The number of halogens is 1. The Morgan fingerprint density at radius 2 is 2.20 bits per heavy atom. The van der Waals surface area contributed by atoms with Crippen LogP contribution >= 0.6 is 0 Å². The molecule has 0 saturated heterocycles. The Bertz CT molecular complexity index is 557. The van der Waals surface area contributed by atoms with Gasteiger partial charge in [0, 0.05) is 22.7 Å². The molecule has 3 nitrogen and oxygen atoms in total. The minimum Gasteiger partial charge on any atom is -0.478 e. The number of carboxylic acid groups (broad SMARTS) is 1. The van der Waals surface area contributed by atoms with Crippen LogP contribution in [0.5, 0.6) is 0 Å². The van der Waals surface area contributed by atoms with Crippen LogP contribution in [0, 0.1) is 5.82 Å². The van der Waals surface area contributed by atoms with Crippen LogP contribution in [-0.4, -0.2) is 16.1 Å². The molecule has 0 unspecified atom stereocenters. The van der Waals surface area contributed by atoms with Gasteiger partial charge < -0.3 is 10.1 Å². The lowest BCUT2D eigenvalue weighted by atomic mass is 10.1. The Morgan fingerprint density at radius 3 is 2.87 bits per heavy atom. The summed E-state index contributed by atoms with van der Waals surface area (Å²) in [6, 6.07) is 4.52. The van der Waals surface area contributed by atoms with Crippen LogP contribution in [-0.2, 0) is 4.79 Å². The second-order valence-corrected chi connectivity index (χ2v) is 3.15. The standard InChI is InChI=1S/C11H8FNO2/c1-6(11(14)15)7-5-13-9-4-2-3-8(12)10(7)9/h2-5,13H,1H2,(H,14,15). The fourth-order valence-electron chi connectivity index (χ4n) is 1.49. The maximum absolute atomic E-state index is 13.4. The van der Waals surface area contributed by atoms with Crippen molar-refractivity contribution in [3.63, 3.8) is 0 Å². The molecule has 0 aliphatic rings. The lowest BCUT2D eigenvalue weighted by Crippen LogP contribution is -1.97. The van der Waals surface area contributed by atoms with Gasteiger partial charge in [-0.05, 0) is 12.1 Å². The van der Waals surface area contributed by atoms with Crippen molar-refractivity contribution in [1.82, 2.24) is 4.98 Å². The lowest BCUT2D eigenvalue weighted by molar-refractivity contribution is -0.130. The molecule has 2 aromatic rings. The molecule has 0 saturated carbocycles. The monoisotopic (exact) mass is 205 g/mol. The van der Waals surface area contributed by atoms with Gasteiger partial charge in [0.05, 0.1) is 5.57 Å². The molecule has 0 aliphatic carbocycles. The van der Waals surface area contributed by atoms with Crippen molar-refractivity contribution in [3.8, 4) is 0 Å². The first kappa shape index (κ1) is 9.45. The molecule has 1 aromatic carbocycles. The zero-order chi connectivity index (χ0) is 11.0. The number of hydrogen-bond donors (Lipinski definition) is 2. The number of nitrogens with one attached hydrogen (secondary N) is 1. The van der Waals surface area contributed by atoms with E-state index in [1.807, 2.05) is 0 Å². The maximum Gasteiger partial charge on any atom is 0.335 e.